The molecule has 1 fully saturated rings. The van der Waals surface area contributed by atoms with Crippen molar-refractivity contribution in [2.75, 3.05) is 13.1 Å². The molecule has 0 radical (unpaired) electrons. The number of sulfonamides is 1. The van der Waals surface area contributed by atoms with E-state index < -0.39 is 15.6 Å². The molecule has 2 aromatic carbocycles. The number of carbonyl (C=O) groups is 1. The molecule has 152 valence electrons. The predicted molar refractivity (Wildman–Crippen MR) is 113 cm³/mol. The number of benzene rings is 2. The van der Waals surface area contributed by atoms with E-state index in [0.29, 0.717) is 30.1 Å². The maximum atomic E-state index is 12.9. The van der Waals surface area contributed by atoms with Crippen LogP contribution in [0.25, 0.3) is 0 Å². The van der Waals surface area contributed by atoms with Crippen LogP contribution in [0.3, 0.4) is 0 Å². The molecule has 4 rings (SSSR count). The molecule has 0 bridgehead atoms. The van der Waals surface area contributed by atoms with E-state index in [0.717, 1.165) is 6.42 Å². The van der Waals surface area contributed by atoms with E-state index in [1.807, 2.05) is 30.3 Å². The van der Waals surface area contributed by atoms with E-state index >= 15 is 0 Å². The number of piperidine rings is 1. The number of nitrogens with zero attached hydrogens (tertiary/aromatic N) is 2. The van der Waals surface area contributed by atoms with Crippen molar-refractivity contribution in [3.05, 3.63) is 65.2 Å². The largest absolute Gasteiger partial charge is 0.312 e. The summed E-state index contributed by atoms with van der Waals surface area (Å²) >= 11 is 5.94. The molecule has 2 aromatic rings. The van der Waals surface area contributed by atoms with Gasteiger partial charge in [0.25, 0.3) is 5.91 Å². The molecule has 6 nitrogen and oxygen atoms in total. The first kappa shape index (κ1) is 20.1. The number of amides is 1. The van der Waals surface area contributed by atoms with Crippen molar-refractivity contribution < 1.29 is 13.2 Å². The van der Waals surface area contributed by atoms with Crippen LogP contribution in [0, 0.1) is 0 Å². The van der Waals surface area contributed by atoms with Crippen molar-refractivity contribution in [1.82, 2.24) is 9.62 Å². The number of carbonyl (C=O) groups excluding carboxylic acids is 1. The first-order valence-corrected chi connectivity index (χ1v) is 11.4. The second kappa shape index (κ2) is 7.89. The molecule has 2 aliphatic rings. The molecule has 1 N–H and O–H groups in total. The van der Waals surface area contributed by atoms with Crippen LogP contribution in [-0.4, -0.2) is 43.1 Å². The van der Waals surface area contributed by atoms with Crippen molar-refractivity contribution in [3.63, 3.8) is 0 Å². The van der Waals surface area contributed by atoms with Gasteiger partial charge in [-0.15, -0.1) is 0 Å². The van der Waals surface area contributed by atoms with E-state index in [9.17, 15) is 13.2 Å². The van der Waals surface area contributed by atoms with Gasteiger partial charge in [-0.2, -0.15) is 4.31 Å². The third kappa shape index (κ3) is 4.08. The Kier molecular flexibility index (Phi) is 5.46. The fourth-order valence-electron chi connectivity index (χ4n) is 3.82. The van der Waals surface area contributed by atoms with Crippen LogP contribution in [0.15, 0.2) is 64.5 Å². The fourth-order valence-corrected chi connectivity index (χ4v) is 5.56. The Hall–Kier alpha value is -2.22. The Morgan fingerprint density at radius 2 is 1.76 bits per heavy atom. The highest BCUT2D eigenvalue weighted by molar-refractivity contribution is 7.89. The quantitative estimate of drug-likeness (QED) is 0.790. The zero-order chi connectivity index (χ0) is 20.5. The lowest BCUT2D eigenvalue weighted by Gasteiger charge is -2.34. The summed E-state index contributed by atoms with van der Waals surface area (Å²) in [5.74, 6) is 0.561. The normalized spacial score (nSPS) is 19.2. The molecule has 8 heteroatoms. The fraction of sp³-hybridized carbons (Fsp3) is 0.333. The lowest BCUT2D eigenvalue weighted by atomic mass is 9.89. The Bertz CT molecular complexity index is 1050. The van der Waals surface area contributed by atoms with Crippen molar-refractivity contribution in [2.24, 2.45) is 4.99 Å². The summed E-state index contributed by atoms with van der Waals surface area (Å²) in [5, 5.41) is 3.28. The summed E-state index contributed by atoms with van der Waals surface area (Å²) in [6, 6.07) is 16.3. The van der Waals surface area contributed by atoms with Gasteiger partial charge >= 0.3 is 0 Å². The van der Waals surface area contributed by atoms with Gasteiger partial charge in [-0.05, 0) is 43.0 Å². The number of amidine groups is 1. The van der Waals surface area contributed by atoms with Crippen LogP contribution in [0.5, 0.6) is 0 Å². The molecule has 1 spiro atoms. The van der Waals surface area contributed by atoms with Gasteiger partial charge in [-0.1, -0.05) is 48.0 Å². The number of aryl methyl sites for hydroxylation is 1. The second-order valence-corrected chi connectivity index (χ2v) is 9.77. The van der Waals surface area contributed by atoms with Crippen LogP contribution in [0.4, 0.5) is 0 Å². The smallest absolute Gasteiger partial charge is 0.253 e. The summed E-state index contributed by atoms with van der Waals surface area (Å²) in [4.78, 5) is 17.5. The highest BCUT2D eigenvalue weighted by Gasteiger charge is 2.47. The Morgan fingerprint density at radius 3 is 2.45 bits per heavy atom. The van der Waals surface area contributed by atoms with Crippen molar-refractivity contribution in [1.29, 1.82) is 0 Å². The number of aliphatic imine (C=N–C) groups is 1. The topological polar surface area (TPSA) is 78.8 Å². The van der Waals surface area contributed by atoms with Crippen LogP contribution in [-0.2, 0) is 21.2 Å². The van der Waals surface area contributed by atoms with Gasteiger partial charge in [0.1, 0.15) is 11.4 Å². The molecule has 0 aliphatic carbocycles. The molecular formula is C21H22ClN3O3S. The van der Waals surface area contributed by atoms with Crippen molar-refractivity contribution >= 4 is 33.4 Å². The lowest BCUT2D eigenvalue weighted by Crippen LogP contribution is -2.50. The predicted octanol–water partition coefficient (Wildman–Crippen LogP) is 3.02. The molecule has 2 heterocycles. The zero-order valence-corrected chi connectivity index (χ0v) is 17.4. The molecule has 0 aromatic heterocycles. The molecule has 2 aliphatic heterocycles. The summed E-state index contributed by atoms with van der Waals surface area (Å²) < 4.78 is 27.2. The van der Waals surface area contributed by atoms with Crippen LogP contribution < -0.4 is 5.32 Å². The number of rotatable bonds is 5. The molecule has 1 amide bonds. The van der Waals surface area contributed by atoms with Gasteiger partial charge in [0.15, 0.2) is 0 Å². The monoisotopic (exact) mass is 431 g/mol. The second-order valence-electron chi connectivity index (χ2n) is 7.39. The highest BCUT2D eigenvalue weighted by atomic mass is 35.5. The summed E-state index contributed by atoms with van der Waals surface area (Å²) in [6.07, 6.45) is 2.19. The first-order chi connectivity index (χ1) is 13.9. The Balaban J connectivity index is 1.44. The van der Waals surface area contributed by atoms with Crippen LogP contribution in [0.1, 0.15) is 24.8 Å². The molecule has 29 heavy (non-hydrogen) atoms. The summed E-state index contributed by atoms with van der Waals surface area (Å²) in [5.41, 5.74) is 0.333. The molecule has 1 saturated heterocycles. The summed E-state index contributed by atoms with van der Waals surface area (Å²) in [7, 11) is -3.64. The van der Waals surface area contributed by atoms with Crippen LogP contribution >= 0.6 is 11.6 Å². The molecule has 0 saturated carbocycles. The number of hydrogen-bond donors (Lipinski definition) is 1. The minimum atomic E-state index is -3.64. The van der Waals surface area contributed by atoms with E-state index in [1.165, 1.54) is 22.0 Å². The van der Waals surface area contributed by atoms with E-state index in [-0.39, 0.29) is 23.9 Å². The average molecular weight is 432 g/mol. The molecule has 0 unspecified atom stereocenters. The molecule has 0 atom stereocenters. The third-order valence-electron chi connectivity index (χ3n) is 5.51. The average Bonchev–Trinajstić information content (AvgIpc) is 3.02. The van der Waals surface area contributed by atoms with Gasteiger partial charge in [0.05, 0.1) is 4.90 Å². The minimum Gasteiger partial charge on any atom is -0.312 e. The van der Waals surface area contributed by atoms with Gasteiger partial charge < -0.3 is 5.32 Å². The lowest BCUT2D eigenvalue weighted by molar-refractivity contribution is -0.124. The van der Waals surface area contributed by atoms with E-state index in [2.05, 4.69) is 5.32 Å². The van der Waals surface area contributed by atoms with E-state index in [1.54, 1.807) is 12.1 Å². The van der Waals surface area contributed by atoms with Gasteiger partial charge in [-0.25, -0.2) is 8.42 Å². The Labute approximate surface area is 175 Å². The van der Waals surface area contributed by atoms with Gasteiger partial charge in [-0.3, -0.25) is 9.79 Å². The standard InChI is InChI=1S/C21H22ClN3O3S/c22-17-7-4-8-18(15-17)29(27,28)25-13-11-21(12-14-25)20(26)23-19(24-21)10-9-16-5-2-1-3-6-16/h1-8,15H,9-14H2,(H,23,24,26). The first-order valence-electron chi connectivity index (χ1n) is 9.59. The third-order valence-corrected chi connectivity index (χ3v) is 7.64. The maximum absolute atomic E-state index is 12.9. The van der Waals surface area contributed by atoms with Crippen LogP contribution in [0.2, 0.25) is 5.02 Å². The van der Waals surface area contributed by atoms with E-state index in [4.69, 9.17) is 16.6 Å². The van der Waals surface area contributed by atoms with Crippen molar-refractivity contribution in [2.45, 2.75) is 36.1 Å². The Morgan fingerprint density at radius 1 is 1.03 bits per heavy atom. The maximum Gasteiger partial charge on any atom is 0.253 e. The summed E-state index contributed by atoms with van der Waals surface area (Å²) in [6.45, 7) is 0.495. The number of hydrogen-bond acceptors (Lipinski definition) is 4. The minimum absolute atomic E-state index is 0.125. The highest BCUT2D eigenvalue weighted by Crippen LogP contribution is 2.33. The number of halogens is 1. The SMILES string of the molecule is O=C1NC(CCc2ccccc2)=NC12CCN(S(=O)(=O)c1cccc(Cl)c1)CC2. The van der Waals surface area contributed by atoms with Gasteiger partial charge in [0, 0.05) is 24.5 Å². The van der Waals surface area contributed by atoms with Crippen molar-refractivity contribution in [3.8, 4) is 0 Å². The number of nitrogens with one attached hydrogen (secondary N) is 1. The molecular weight excluding hydrogens is 410 g/mol. The zero-order valence-electron chi connectivity index (χ0n) is 15.8. The van der Waals surface area contributed by atoms with Gasteiger partial charge in [0.2, 0.25) is 10.0 Å².